The van der Waals surface area contributed by atoms with Crippen molar-refractivity contribution >= 4 is 21.1 Å². The van der Waals surface area contributed by atoms with Crippen LogP contribution in [0, 0.1) is 6.92 Å². The van der Waals surface area contributed by atoms with Gasteiger partial charge in [0.25, 0.3) is 5.91 Å². The second-order valence-corrected chi connectivity index (χ2v) is 14.1. The van der Waals surface area contributed by atoms with E-state index in [0.717, 1.165) is 11.3 Å². The van der Waals surface area contributed by atoms with Gasteiger partial charge in [0.05, 0.1) is 44.8 Å². The zero-order chi connectivity index (χ0) is 31.6. The normalized spacial score (nSPS) is 12.1. The summed E-state index contributed by atoms with van der Waals surface area (Å²) in [6, 6.07) is 14.2. The van der Waals surface area contributed by atoms with Gasteiger partial charge in [-0.15, -0.1) is 0 Å². The number of carbonyl (C=O) groups excluding carboxylic acids is 1. The Hall–Kier alpha value is -2.78. The maximum Gasteiger partial charge on any atom is 0.350 e. The van der Waals surface area contributed by atoms with Gasteiger partial charge >= 0.3 is 15.2 Å². The standard InChI is InChI=1S/C30H42N2O9P2/c1-8-37-42(34,38-9-2)30(43(35,39-10-3)40-11-4)24-17-18-27(36-7)25(21-24)29(33)32(6)20-19-26-22(5)41-28(31-26)23-15-13-12-14-16-23/h12-18,21,30H,8-11,19-20H2,1-7H3. The van der Waals surface area contributed by atoms with Crippen molar-refractivity contribution in [3.63, 3.8) is 0 Å². The summed E-state index contributed by atoms with van der Waals surface area (Å²) in [4.78, 5) is 19.9. The fraction of sp³-hybridized carbons (Fsp3) is 0.467. The van der Waals surface area contributed by atoms with Crippen LogP contribution in [0.15, 0.2) is 52.9 Å². The number of carbonyl (C=O) groups is 1. The van der Waals surface area contributed by atoms with Crippen molar-refractivity contribution in [1.29, 1.82) is 0 Å². The fourth-order valence-electron chi connectivity index (χ4n) is 4.61. The molecule has 13 heteroatoms. The van der Waals surface area contributed by atoms with Crippen LogP contribution in [0.25, 0.3) is 11.5 Å². The van der Waals surface area contributed by atoms with Crippen LogP contribution >= 0.6 is 15.2 Å². The van der Waals surface area contributed by atoms with Crippen molar-refractivity contribution in [1.82, 2.24) is 9.88 Å². The van der Waals surface area contributed by atoms with E-state index in [1.807, 2.05) is 37.3 Å². The fourth-order valence-corrected chi connectivity index (χ4v) is 10.0. The van der Waals surface area contributed by atoms with Crippen molar-refractivity contribution in [3.8, 4) is 17.2 Å². The number of amides is 1. The van der Waals surface area contributed by atoms with Gasteiger partial charge in [-0.25, -0.2) is 4.98 Å². The quantitative estimate of drug-likeness (QED) is 0.137. The second kappa shape index (κ2) is 15.8. The first-order valence-corrected chi connectivity index (χ1v) is 17.5. The van der Waals surface area contributed by atoms with Gasteiger partial charge in [0.2, 0.25) is 5.89 Å². The van der Waals surface area contributed by atoms with Gasteiger partial charge in [-0.05, 0) is 64.4 Å². The second-order valence-electron chi connectivity index (χ2n) is 9.45. The third kappa shape index (κ3) is 8.24. The molecule has 0 radical (unpaired) electrons. The van der Waals surface area contributed by atoms with Crippen LogP contribution in [0.5, 0.6) is 5.75 Å². The number of hydrogen-bond donors (Lipinski definition) is 0. The first kappa shape index (κ1) is 34.7. The van der Waals surface area contributed by atoms with Crippen LogP contribution in [0.4, 0.5) is 0 Å². The minimum Gasteiger partial charge on any atom is -0.496 e. The van der Waals surface area contributed by atoms with E-state index < -0.39 is 20.6 Å². The van der Waals surface area contributed by atoms with Crippen LogP contribution in [0.2, 0.25) is 0 Å². The maximum atomic E-state index is 14.2. The first-order chi connectivity index (χ1) is 20.6. The molecule has 0 saturated carbocycles. The van der Waals surface area contributed by atoms with Gasteiger partial charge in [0, 0.05) is 25.6 Å². The highest BCUT2D eigenvalue weighted by Gasteiger charge is 2.52. The average Bonchev–Trinajstić information content (AvgIpc) is 3.36. The van der Waals surface area contributed by atoms with Crippen molar-refractivity contribution < 1.29 is 41.2 Å². The Morgan fingerprint density at radius 1 is 0.907 bits per heavy atom. The number of likely N-dealkylation sites (N-methyl/N-ethyl adjacent to an activating group) is 1. The number of hydrogen-bond acceptors (Lipinski definition) is 10. The number of oxazole rings is 1. The van der Waals surface area contributed by atoms with Crippen LogP contribution < -0.4 is 4.74 Å². The van der Waals surface area contributed by atoms with Gasteiger partial charge in [-0.1, -0.05) is 24.3 Å². The Kier molecular flexibility index (Phi) is 12.8. The molecule has 0 unspecified atom stereocenters. The molecule has 0 bridgehead atoms. The van der Waals surface area contributed by atoms with Crippen molar-refractivity contribution in [2.75, 3.05) is 47.1 Å². The molecule has 1 heterocycles. The monoisotopic (exact) mass is 636 g/mol. The Bertz CT molecular complexity index is 1390. The third-order valence-electron chi connectivity index (χ3n) is 6.53. The molecular weight excluding hydrogens is 594 g/mol. The highest BCUT2D eigenvalue weighted by Crippen LogP contribution is 2.78. The van der Waals surface area contributed by atoms with Crippen molar-refractivity contribution in [2.45, 2.75) is 46.4 Å². The summed E-state index contributed by atoms with van der Waals surface area (Å²) in [5, 5.41) is -1.43. The van der Waals surface area contributed by atoms with Gasteiger partial charge in [-0.3, -0.25) is 13.9 Å². The lowest BCUT2D eigenvalue weighted by Crippen LogP contribution is -2.29. The molecule has 2 aromatic carbocycles. The predicted octanol–water partition coefficient (Wildman–Crippen LogP) is 7.50. The topological polar surface area (TPSA) is 127 Å². The smallest absolute Gasteiger partial charge is 0.350 e. The van der Waals surface area contributed by atoms with E-state index >= 15 is 0 Å². The number of rotatable bonds is 17. The molecule has 0 atom stereocenters. The number of nitrogens with zero attached hydrogens (tertiary/aromatic N) is 2. The molecule has 0 saturated heterocycles. The first-order valence-electron chi connectivity index (χ1n) is 14.3. The van der Waals surface area contributed by atoms with Gasteiger partial charge in [-0.2, -0.15) is 0 Å². The third-order valence-corrected chi connectivity index (χ3v) is 12.5. The molecule has 0 spiro atoms. The lowest BCUT2D eigenvalue weighted by Gasteiger charge is -2.32. The minimum absolute atomic E-state index is 0.0319. The molecule has 3 aromatic rings. The Morgan fingerprint density at radius 2 is 1.47 bits per heavy atom. The van der Waals surface area contributed by atoms with Crippen molar-refractivity contribution in [3.05, 3.63) is 71.1 Å². The molecule has 11 nitrogen and oxygen atoms in total. The van der Waals surface area contributed by atoms with Crippen LogP contribution in [-0.4, -0.2) is 62.9 Å². The summed E-state index contributed by atoms with van der Waals surface area (Å²) in [7, 11) is -5.11. The molecule has 0 aliphatic heterocycles. The SMILES string of the molecule is CCOP(=O)(OCC)C(c1ccc(OC)c(C(=O)N(C)CCc2nc(-c3ccccc3)oc2C)c1)P(=O)(OCC)OCC. The summed E-state index contributed by atoms with van der Waals surface area (Å²) in [6.07, 6.45) is 0.447. The zero-order valence-electron chi connectivity index (χ0n) is 25.9. The molecule has 43 heavy (non-hydrogen) atoms. The van der Waals surface area contributed by atoms with E-state index in [4.69, 9.17) is 27.2 Å². The van der Waals surface area contributed by atoms with Gasteiger partial charge in [0.15, 0.2) is 5.40 Å². The maximum absolute atomic E-state index is 14.2. The van der Waals surface area contributed by atoms with E-state index in [1.165, 1.54) is 18.1 Å². The summed E-state index contributed by atoms with van der Waals surface area (Å²) in [5.41, 5.74) is 2.02. The number of methoxy groups -OCH3 is 1. The zero-order valence-corrected chi connectivity index (χ0v) is 27.7. The molecule has 236 valence electrons. The molecule has 1 amide bonds. The van der Waals surface area contributed by atoms with Crippen LogP contribution in [0.1, 0.15) is 60.5 Å². The molecule has 1 aromatic heterocycles. The van der Waals surface area contributed by atoms with Gasteiger partial charge < -0.3 is 32.1 Å². The lowest BCUT2D eigenvalue weighted by molar-refractivity contribution is 0.0792. The lowest BCUT2D eigenvalue weighted by atomic mass is 10.1. The van der Waals surface area contributed by atoms with E-state index in [0.29, 0.717) is 24.6 Å². The summed E-state index contributed by atoms with van der Waals surface area (Å²) in [5.74, 6) is 1.11. The van der Waals surface area contributed by atoms with E-state index in [-0.39, 0.29) is 49.2 Å². The molecule has 0 fully saturated rings. The van der Waals surface area contributed by atoms with E-state index in [2.05, 4.69) is 4.98 Å². The number of aryl methyl sites for hydroxylation is 1. The Labute approximate surface area is 253 Å². The number of ether oxygens (including phenoxy) is 1. The highest BCUT2D eigenvalue weighted by atomic mass is 31.2. The largest absolute Gasteiger partial charge is 0.496 e. The number of aromatic nitrogens is 1. The van der Waals surface area contributed by atoms with Crippen LogP contribution in [0.3, 0.4) is 0 Å². The number of benzene rings is 2. The van der Waals surface area contributed by atoms with Gasteiger partial charge in [0.1, 0.15) is 11.5 Å². The summed E-state index contributed by atoms with van der Waals surface area (Å²) < 4.78 is 62.2. The minimum atomic E-state index is -4.11. The molecule has 3 rings (SSSR count). The molecular formula is C30H42N2O9P2. The highest BCUT2D eigenvalue weighted by molar-refractivity contribution is 7.72. The van der Waals surface area contributed by atoms with E-state index in [1.54, 1.807) is 46.9 Å². The molecule has 0 aliphatic carbocycles. The van der Waals surface area contributed by atoms with E-state index in [9.17, 15) is 13.9 Å². The summed E-state index contributed by atoms with van der Waals surface area (Å²) in [6.45, 7) is 8.93. The Balaban J connectivity index is 1.97. The molecule has 0 N–H and O–H groups in total. The predicted molar refractivity (Wildman–Crippen MR) is 165 cm³/mol. The average molecular weight is 637 g/mol. The Morgan fingerprint density at radius 3 is 1.98 bits per heavy atom. The van der Waals surface area contributed by atoms with Crippen molar-refractivity contribution in [2.24, 2.45) is 0 Å². The van der Waals surface area contributed by atoms with Crippen LogP contribution in [-0.2, 0) is 33.6 Å². The summed E-state index contributed by atoms with van der Waals surface area (Å²) >= 11 is 0. The molecule has 0 aliphatic rings.